The normalized spacial score (nSPS) is 21.4. The first-order valence-electron chi connectivity index (χ1n) is 12.3. The van der Waals surface area contributed by atoms with E-state index in [-0.39, 0.29) is 38.1 Å². The van der Waals surface area contributed by atoms with E-state index in [4.69, 9.17) is 0 Å². The highest BCUT2D eigenvalue weighted by Gasteiger charge is 2.53. The quantitative estimate of drug-likeness (QED) is 0.433. The van der Waals surface area contributed by atoms with Gasteiger partial charge in [0.05, 0.1) is 22.2 Å². The molecule has 1 aliphatic carbocycles. The predicted molar refractivity (Wildman–Crippen MR) is 136 cm³/mol. The SMILES string of the molecule is Cc1ncsc1-c1ccc(CNC(=O)C2CC(O)CN2C(=O)[C@@H](NC(=O)C2(F)CC2)C(C)(C)C)c(O)c1. The first-order valence-corrected chi connectivity index (χ1v) is 13.2. The van der Waals surface area contributed by atoms with Crippen molar-refractivity contribution in [2.24, 2.45) is 5.41 Å². The van der Waals surface area contributed by atoms with Gasteiger partial charge in [0.1, 0.15) is 17.8 Å². The molecule has 1 aliphatic heterocycles. The molecule has 2 aliphatic rings. The molecule has 1 saturated carbocycles. The molecule has 0 bridgehead atoms. The zero-order chi connectivity index (χ0) is 27.1. The van der Waals surface area contributed by atoms with E-state index in [0.29, 0.717) is 5.56 Å². The summed E-state index contributed by atoms with van der Waals surface area (Å²) in [5.74, 6) is -1.85. The van der Waals surface area contributed by atoms with Gasteiger partial charge in [-0.2, -0.15) is 0 Å². The molecule has 4 rings (SSSR count). The van der Waals surface area contributed by atoms with Gasteiger partial charge in [-0.25, -0.2) is 9.37 Å². The third-order valence-corrected chi connectivity index (χ3v) is 7.87. The number of nitrogens with one attached hydrogen (secondary N) is 2. The molecule has 3 atom stereocenters. The summed E-state index contributed by atoms with van der Waals surface area (Å²) in [6, 6.07) is 3.13. The molecule has 11 heteroatoms. The Balaban J connectivity index is 1.45. The van der Waals surface area contributed by atoms with Crippen molar-refractivity contribution < 1.29 is 29.0 Å². The van der Waals surface area contributed by atoms with Crippen LogP contribution in [0, 0.1) is 12.3 Å². The number of hydrogen-bond donors (Lipinski definition) is 4. The molecule has 1 saturated heterocycles. The first-order chi connectivity index (χ1) is 17.3. The number of aryl methyl sites for hydroxylation is 1. The average Bonchev–Trinajstić information content (AvgIpc) is 3.23. The fourth-order valence-corrected chi connectivity index (χ4v) is 5.25. The Morgan fingerprint density at radius 1 is 1.30 bits per heavy atom. The maximum Gasteiger partial charge on any atom is 0.258 e. The summed E-state index contributed by atoms with van der Waals surface area (Å²) >= 11 is 1.47. The molecule has 0 spiro atoms. The number of halogens is 1. The summed E-state index contributed by atoms with van der Waals surface area (Å²) in [6.45, 7) is 7.07. The second-order valence-corrected chi connectivity index (χ2v) is 11.8. The largest absolute Gasteiger partial charge is 0.508 e. The summed E-state index contributed by atoms with van der Waals surface area (Å²) in [5, 5.41) is 26.1. The number of rotatable bonds is 7. The van der Waals surface area contributed by atoms with E-state index in [1.807, 2.05) is 13.0 Å². The van der Waals surface area contributed by atoms with Gasteiger partial charge >= 0.3 is 0 Å². The number of aromatic hydroxyl groups is 1. The lowest BCUT2D eigenvalue weighted by Gasteiger charge is -2.35. The Morgan fingerprint density at radius 2 is 2.00 bits per heavy atom. The Bertz CT molecular complexity index is 1210. The van der Waals surface area contributed by atoms with E-state index in [1.54, 1.807) is 38.4 Å². The second kappa shape index (κ2) is 10.0. The van der Waals surface area contributed by atoms with Gasteiger partial charge in [-0.1, -0.05) is 32.9 Å². The van der Waals surface area contributed by atoms with Gasteiger partial charge in [-0.3, -0.25) is 14.4 Å². The molecule has 2 heterocycles. The summed E-state index contributed by atoms with van der Waals surface area (Å²) in [6.07, 6.45) is -0.642. The zero-order valence-electron chi connectivity index (χ0n) is 21.4. The van der Waals surface area contributed by atoms with Crippen molar-refractivity contribution in [3.05, 3.63) is 35.0 Å². The number of nitrogens with zero attached hydrogens (tertiary/aromatic N) is 2. The number of carbonyl (C=O) groups is 3. The molecule has 2 unspecified atom stereocenters. The number of phenols is 1. The van der Waals surface area contributed by atoms with E-state index < -0.39 is 47.0 Å². The lowest BCUT2D eigenvalue weighted by Crippen LogP contribution is -2.59. The molecule has 3 amide bonds. The van der Waals surface area contributed by atoms with Crippen LogP contribution in [0.2, 0.25) is 0 Å². The van der Waals surface area contributed by atoms with Crippen LogP contribution in [0.15, 0.2) is 23.7 Å². The maximum absolute atomic E-state index is 14.3. The molecule has 2 fully saturated rings. The van der Waals surface area contributed by atoms with Crippen molar-refractivity contribution in [1.29, 1.82) is 0 Å². The van der Waals surface area contributed by atoms with Gasteiger partial charge in [0.2, 0.25) is 11.8 Å². The van der Waals surface area contributed by atoms with E-state index >= 15 is 0 Å². The molecule has 1 aromatic carbocycles. The van der Waals surface area contributed by atoms with Crippen LogP contribution in [-0.4, -0.2) is 68.2 Å². The van der Waals surface area contributed by atoms with Gasteiger partial charge in [-0.05, 0) is 36.8 Å². The average molecular weight is 533 g/mol. The highest BCUT2D eigenvalue weighted by molar-refractivity contribution is 7.13. The highest BCUT2D eigenvalue weighted by Crippen LogP contribution is 2.40. The van der Waals surface area contributed by atoms with E-state index in [9.17, 15) is 29.0 Å². The van der Waals surface area contributed by atoms with Crippen LogP contribution in [0.1, 0.15) is 51.3 Å². The van der Waals surface area contributed by atoms with Crippen molar-refractivity contribution in [3.63, 3.8) is 0 Å². The van der Waals surface area contributed by atoms with Crippen LogP contribution in [-0.2, 0) is 20.9 Å². The Morgan fingerprint density at radius 3 is 2.57 bits per heavy atom. The molecule has 37 heavy (non-hydrogen) atoms. The van der Waals surface area contributed by atoms with Crippen LogP contribution in [0.4, 0.5) is 4.39 Å². The van der Waals surface area contributed by atoms with Gasteiger partial charge in [-0.15, -0.1) is 11.3 Å². The van der Waals surface area contributed by atoms with Crippen LogP contribution >= 0.6 is 11.3 Å². The number of thiazole rings is 1. The third-order valence-electron chi connectivity index (χ3n) is 6.90. The number of phenolic OH excluding ortho intramolecular Hbond substituents is 1. The second-order valence-electron chi connectivity index (χ2n) is 11.0. The van der Waals surface area contributed by atoms with Crippen molar-refractivity contribution in [1.82, 2.24) is 20.5 Å². The van der Waals surface area contributed by atoms with Gasteiger partial charge in [0.15, 0.2) is 5.67 Å². The first kappa shape index (κ1) is 27.0. The highest BCUT2D eigenvalue weighted by atomic mass is 32.1. The van der Waals surface area contributed by atoms with Crippen LogP contribution in [0.5, 0.6) is 5.75 Å². The number of hydrogen-bond acceptors (Lipinski definition) is 7. The minimum absolute atomic E-state index is 0.0146. The topological polar surface area (TPSA) is 132 Å². The monoisotopic (exact) mass is 532 g/mol. The van der Waals surface area contributed by atoms with Crippen LogP contribution in [0.25, 0.3) is 10.4 Å². The summed E-state index contributed by atoms with van der Waals surface area (Å²) in [4.78, 5) is 45.4. The number of amides is 3. The van der Waals surface area contributed by atoms with Gasteiger partial charge in [0, 0.05) is 25.1 Å². The third kappa shape index (κ3) is 5.77. The lowest BCUT2D eigenvalue weighted by atomic mass is 9.85. The maximum atomic E-state index is 14.3. The Kier molecular flexibility index (Phi) is 7.31. The fourth-order valence-electron chi connectivity index (χ4n) is 4.45. The van der Waals surface area contributed by atoms with Crippen molar-refractivity contribution >= 4 is 29.1 Å². The number of aliphatic hydroxyl groups is 1. The molecular weight excluding hydrogens is 499 g/mol. The number of alkyl halides is 1. The minimum Gasteiger partial charge on any atom is -0.508 e. The number of aliphatic hydroxyl groups excluding tert-OH is 1. The van der Waals surface area contributed by atoms with E-state index in [1.165, 1.54) is 16.2 Å². The van der Waals surface area contributed by atoms with Crippen molar-refractivity contribution in [3.8, 4) is 16.2 Å². The van der Waals surface area contributed by atoms with Crippen LogP contribution < -0.4 is 10.6 Å². The number of likely N-dealkylation sites (tertiary alicyclic amines) is 1. The summed E-state index contributed by atoms with van der Waals surface area (Å²) < 4.78 is 14.3. The summed E-state index contributed by atoms with van der Waals surface area (Å²) in [5.41, 5.74) is 1.21. The summed E-state index contributed by atoms with van der Waals surface area (Å²) in [7, 11) is 0. The Labute approximate surface area is 219 Å². The minimum atomic E-state index is -1.94. The number of benzene rings is 1. The molecule has 4 N–H and O–H groups in total. The zero-order valence-corrected chi connectivity index (χ0v) is 22.2. The van der Waals surface area contributed by atoms with E-state index in [0.717, 1.165) is 16.1 Å². The number of carbonyl (C=O) groups excluding carboxylic acids is 3. The van der Waals surface area contributed by atoms with Crippen LogP contribution in [0.3, 0.4) is 0 Å². The van der Waals surface area contributed by atoms with E-state index in [2.05, 4.69) is 15.6 Å². The van der Waals surface area contributed by atoms with Gasteiger partial charge in [0.25, 0.3) is 5.91 Å². The van der Waals surface area contributed by atoms with Gasteiger partial charge < -0.3 is 25.7 Å². The predicted octanol–water partition coefficient (Wildman–Crippen LogP) is 2.44. The number of β-amino-alcohol motifs (C(OH)–C–C–N with tert-alkyl or cyclic N) is 1. The fraction of sp³-hybridized carbons (Fsp3) is 0.538. The molecule has 9 nitrogen and oxygen atoms in total. The Hall–Kier alpha value is -3.05. The molecule has 0 radical (unpaired) electrons. The molecule has 1 aromatic heterocycles. The van der Waals surface area contributed by atoms with Crippen molar-refractivity contribution in [2.45, 2.75) is 77.4 Å². The molecule has 2 aromatic rings. The number of aromatic nitrogens is 1. The lowest BCUT2D eigenvalue weighted by molar-refractivity contribution is -0.145. The van der Waals surface area contributed by atoms with Crippen molar-refractivity contribution in [2.75, 3.05) is 6.54 Å². The molecule has 200 valence electrons. The smallest absolute Gasteiger partial charge is 0.258 e. The standard InChI is InChI=1S/C26H33FN4O5S/c1-14-20(37-13-29-14)15-5-6-16(19(33)9-15)11-28-22(34)18-10-17(32)12-31(18)23(35)21(25(2,3)4)30-24(36)26(27)7-8-26/h5-6,9,13,17-18,21,32-33H,7-8,10-12H2,1-4H3,(H,28,34)(H,30,36)/t17?,18?,21-/m1/s1. The molecular formula is C26H33FN4O5S.